The molecule has 3 aromatic rings. The van der Waals surface area contributed by atoms with Gasteiger partial charge in [-0.05, 0) is 68.7 Å². The highest BCUT2D eigenvalue weighted by molar-refractivity contribution is 7.92. The Kier molecular flexibility index (Phi) is 7.43. The minimum Gasteiger partial charge on any atom is -0.495 e. The van der Waals surface area contributed by atoms with Crippen LogP contribution in [-0.4, -0.2) is 28.0 Å². The van der Waals surface area contributed by atoms with Crippen LogP contribution in [0.5, 0.6) is 5.75 Å². The first-order valence-electron chi connectivity index (χ1n) is 10.7. The van der Waals surface area contributed by atoms with Crippen LogP contribution in [0.25, 0.3) is 0 Å². The maximum Gasteiger partial charge on any atom is 0.264 e. The number of sulfonamides is 1. The van der Waals surface area contributed by atoms with E-state index >= 15 is 0 Å². The fourth-order valence-electron chi connectivity index (χ4n) is 3.82. The quantitative estimate of drug-likeness (QED) is 0.522. The number of aryl methyl sites for hydroxylation is 3. The largest absolute Gasteiger partial charge is 0.495 e. The van der Waals surface area contributed by atoms with Crippen molar-refractivity contribution in [1.29, 1.82) is 0 Å². The Bertz CT molecular complexity index is 1240. The topological polar surface area (TPSA) is 75.7 Å². The molecule has 1 N–H and O–H groups in total. The van der Waals surface area contributed by atoms with E-state index in [-0.39, 0.29) is 17.5 Å². The van der Waals surface area contributed by atoms with Crippen molar-refractivity contribution in [3.05, 3.63) is 89.0 Å². The number of nitrogens with zero attached hydrogens (tertiary/aromatic N) is 1. The van der Waals surface area contributed by atoms with Crippen molar-refractivity contribution in [2.45, 2.75) is 38.6 Å². The molecular weight excluding hydrogens is 436 g/mol. The Labute approximate surface area is 196 Å². The van der Waals surface area contributed by atoms with Gasteiger partial charge in [-0.2, -0.15) is 0 Å². The smallest absolute Gasteiger partial charge is 0.264 e. The molecule has 0 aromatic heterocycles. The minimum atomic E-state index is -4.02. The number of methoxy groups -OCH3 is 1. The minimum absolute atomic E-state index is 0.101. The van der Waals surface area contributed by atoms with Crippen LogP contribution in [0.4, 0.5) is 5.69 Å². The third-order valence-corrected chi connectivity index (χ3v) is 7.26. The van der Waals surface area contributed by atoms with Crippen LogP contribution in [0.15, 0.2) is 71.6 Å². The summed E-state index contributed by atoms with van der Waals surface area (Å²) in [6.07, 6.45) is 0. The van der Waals surface area contributed by atoms with Gasteiger partial charge in [-0.15, -0.1) is 0 Å². The van der Waals surface area contributed by atoms with E-state index in [0.717, 1.165) is 26.6 Å². The second-order valence-corrected chi connectivity index (χ2v) is 10.0. The molecule has 3 rings (SSSR count). The normalized spacial score (nSPS) is 12.2. The maximum absolute atomic E-state index is 13.6. The standard InChI is InChI=1S/C26H30N2O4S/c1-18-11-13-23(20(3)15-18)21(4)27-26(29)17-28(24-16-19(2)12-14-25(24)32-5)33(30,31)22-9-7-6-8-10-22/h6-16,21H,17H2,1-5H3,(H,27,29). The molecule has 0 aliphatic rings. The first-order valence-corrected chi connectivity index (χ1v) is 12.2. The van der Waals surface area contributed by atoms with Gasteiger partial charge < -0.3 is 10.1 Å². The number of amides is 1. The molecule has 0 bridgehead atoms. The molecule has 0 fully saturated rings. The van der Waals surface area contributed by atoms with Gasteiger partial charge in [0.1, 0.15) is 12.3 Å². The van der Waals surface area contributed by atoms with Gasteiger partial charge in [-0.1, -0.05) is 48.0 Å². The summed E-state index contributed by atoms with van der Waals surface area (Å²) < 4.78 is 33.7. The van der Waals surface area contributed by atoms with Crippen LogP contribution in [0.3, 0.4) is 0 Å². The number of rotatable bonds is 8. The van der Waals surface area contributed by atoms with Crippen molar-refractivity contribution < 1.29 is 17.9 Å². The van der Waals surface area contributed by atoms with Gasteiger partial charge in [0.25, 0.3) is 10.0 Å². The van der Waals surface area contributed by atoms with Crippen LogP contribution >= 0.6 is 0 Å². The molecule has 0 spiro atoms. The number of hydrogen-bond donors (Lipinski definition) is 1. The van der Waals surface area contributed by atoms with Crippen molar-refractivity contribution >= 4 is 21.6 Å². The molecule has 1 amide bonds. The highest BCUT2D eigenvalue weighted by atomic mass is 32.2. The molecule has 1 atom stereocenters. The molecule has 0 aliphatic carbocycles. The van der Waals surface area contributed by atoms with Gasteiger partial charge in [-0.25, -0.2) is 8.42 Å². The van der Waals surface area contributed by atoms with Crippen LogP contribution in [0.2, 0.25) is 0 Å². The van der Waals surface area contributed by atoms with Gasteiger partial charge in [0, 0.05) is 0 Å². The zero-order valence-electron chi connectivity index (χ0n) is 19.6. The monoisotopic (exact) mass is 466 g/mol. The molecule has 0 saturated heterocycles. The van der Waals surface area contributed by atoms with Crippen LogP contribution in [0.1, 0.15) is 35.2 Å². The number of carbonyl (C=O) groups excluding carboxylic acids is 1. The first-order chi connectivity index (χ1) is 15.6. The lowest BCUT2D eigenvalue weighted by molar-refractivity contribution is -0.120. The van der Waals surface area contributed by atoms with Gasteiger partial charge in [0.05, 0.1) is 23.7 Å². The third-order valence-electron chi connectivity index (χ3n) is 5.49. The molecule has 6 nitrogen and oxygen atoms in total. The van der Waals surface area contributed by atoms with E-state index in [4.69, 9.17) is 4.74 Å². The molecule has 0 aliphatic heterocycles. The predicted molar refractivity (Wildman–Crippen MR) is 131 cm³/mol. The molecule has 7 heteroatoms. The molecule has 0 radical (unpaired) electrons. The zero-order valence-corrected chi connectivity index (χ0v) is 20.4. The summed E-state index contributed by atoms with van der Waals surface area (Å²) in [5, 5.41) is 2.95. The van der Waals surface area contributed by atoms with E-state index in [1.165, 1.54) is 19.2 Å². The molecule has 0 heterocycles. The number of hydrogen-bond acceptors (Lipinski definition) is 4. The summed E-state index contributed by atoms with van der Waals surface area (Å²) in [4.78, 5) is 13.2. The summed E-state index contributed by atoms with van der Waals surface area (Å²) in [5.74, 6) is -0.0409. The Morgan fingerprint density at radius 2 is 1.61 bits per heavy atom. The number of benzene rings is 3. The van der Waals surface area contributed by atoms with Crippen molar-refractivity contribution in [3.63, 3.8) is 0 Å². The summed E-state index contributed by atoms with van der Waals surface area (Å²) in [5.41, 5.74) is 4.36. The Morgan fingerprint density at radius 3 is 2.24 bits per heavy atom. The second-order valence-electron chi connectivity index (χ2n) is 8.15. The average Bonchev–Trinajstić information content (AvgIpc) is 2.77. The molecule has 0 saturated carbocycles. The lowest BCUT2D eigenvalue weighted by Gasteiger charge is -2.27. The Balaban J connectivity index is 1.97. The van der Waals surface area contributed by atoms with E-state index in [0.29, 0.717) is 11.4 Å². The van der Waals surface area contributed by atoms with Crippen molar-refractivity contribution in [1.82, 2.24) is 5.32 Å². The Hall–Kier alpha value is -3.32. The number of carbonyl (C=O) groups is 1. The van der Waals surface area contributed by atoms with Crippen LogP contribution in [0, 0.1) is 20.8 Å². The van der Waals surface area contributed by atoms with Crippen molar-refractivity contribution in [2.75, 3.05) is 18.0 Å². The zero-order chi connectivity index (χ0) is 24.2. The molecule has 174 valence electrons. The SMILES string of the molecule is COc1ccc(C)cc1N(CC(=O)NC(C)c1ccc(C)cc1C)S(=O)(=O)c1ccccc1. The van der Waals surface area contributed by atoms with E-state index < -0.39 is 15.9 Å². The van der Waals surface area contributed by atoms with Crippen molar-refractivity contribution in [2.24, 2.45) is 0 Å². The van der Waals surface area contributed by atoms with Gasteiger partial charge >= 0.3 is 0 Å². The van der Waals surface area contributed by atoms with Gasteiger partial charge in [-0.3, -0.25) is 9.10 Å². The number of nitrogens with one attached hydrogen (secondary N) is 1. The van der Waals surface area contributed by atoms with E-state index in [1.54, 1.807) is 30.3 Å². The first kappa shape index (κ1) is 24.3. The molecule has 1 unspecified atom stereocenters. The van der Waals surface area contributed by atoms with Crippen LogP contribution in [-0.2, 0) is 14.8 Å². The molecule has 33 heavy (non-hydrogen) atoms. The fourth-order valence-corrected chi connectivity index (χ4v) is 5.27. The van der Waals surface area contributed by atoms with E-state index in [9.17, 15) is 13.2 Å². The van der Waals surface area contributed by atoms with E-state index in [1.807, 2.05) is 45.9 Å². The summed E-state index contributed by atoms with van der Waals surface area (Å²) in [6, 6.07) is 19.1. The average molecular weight is 467 g/mol. The maximum atomic E-state index is 13.6. The number of anilines is 1. The lowest BCUT2D eigenvalue weighted by Crippen LogP contribution is -2.41. The summed E-state index contributed by atoms with van der Waals surface area (Å²) in [6.45, 7) is 7.38. The molecule has 3 aromatic carbocycles. The fraction of sp³-hybridized carbons (Fsp3) is 0.269. The summed E-state index contributed by atoms with van der Waals surface area (Å²) in [7, 11) is -2.54. The predicted octanol–water partition coefficient (Wildman–Crippen LogP) is 4.69. The van der Waals surface area contributed by atoms with Crippen LogP contribution < -0.4 is 14.4 Å². The second kappa shape index (κ2) is 10.1. The molecular formula is C26H30N2O4S. The summed E-state index contributed by atoms with van der Waals surface area (Å²) >= 11 is 0. The van der Waals surface area contributed by atoms with Crippen molar-refractivity contribution in [3.8, 4) is 5.75 Å². The van der Waals surface area contributed by atoms with Gasteiger partial charge in [0.15, 0.2) is 0 Å². The lowest BCUT2D eigenvalue weighted by atomic mass is 10.0. The highest BCUT2D eigenvalue weighted by Gasteiger charge is 2.30. The Morgan fingerprint density at radius 1 is 0.970 bits per heavy atom. The highest BCUT2D eigenvalue weighted by Crippen LogP contribution is 2.33. The van der Waals surface area contributed by atoms with Gasteiger partial charge in [0.2, 0.25) is 5.91 Å². The van der Waals surface area contributed by atoms with E-state index in [2.05, 4.69) is 11.4 Å². The third kappa shape index (κ3) is 5.54. The number of ether oxygens (including phenoxy) is 1.